The third-order valence-corrected chi connectivity index (χ3v) is 4.02. The standard InChI is InChI=1S/C11H17NS2/c1-9-10(12)5-3-6-11(9)14-8-4-7-13-2/h3,5-6H,4,7-8,12H2,1-2H3. The molecule has 0 amide bonds. The van der Waals surface area contributed by atoms with Crippen LogP contribution in [0.25, 0.3) is 0 Å². The fraction of sp³-hybridized carbons (Fsp3) is 0.455. The predicted molar refractivity (Wildman–Crippen MR) is 69.3 cm³/mol. The highest BCUT2D eigenvalue weighted by atomic mass is 32.2. The summed E-state index contributed by atoms with van der Waals surface area (Å²) in [5.74, 6) is 2.43. The molecule has 0 unspecified atom stereocenters. The van der Waals surface area contributed by atoms with Crippen LogP contribution in [0.3, 0.4) is 0 Å². The molecule has 0 aromatic heterocycles. The van der Waals surface area contributed by atoms with Gasteiger partial charge in [-0.2, -0.15) is 11.8 Å². The molecule has 0 saturated heterocycles. The number of nitrogens with two attached hydrogens (primary N) is 1. The molecular formula is C11H17NS2. The second-order valence-corrected chi connectivity index (χ2v) is 5.29. The minimum atomic E-state index is 0.903. The Kier molecular flexibility index (Phi) is 5.26. The molecule has 0 bridgehead atoms. The van der Waals surface area contributed by atoms with E-state index in [9.17, 15) is 0 Å². The fourth-order valence-corrected chi connectivity index (χ4v) is 2.81. The van der Waals surface area contributed by atoms with Crippen molar-refractivity contribution >= 4 is 29.2 Å². The molecule has 0 spiro atoms. The monoisotopic (exact) mass is 227 g/mol. The van der Waals surface area contributed by atoms with E-state index in [4.69, 9.17) is 5.73 Å². The zero-order valence-electron chi connectivity index (χ0n) is 8.75. The summed E-state index contributed by atoms with van der Waals surface area (Å²) in [5, 5.41) is 0. The third-order valence-electron chi connectivity index (χ3n) is 2.08. The summed E-state index contributed by atoms with van der Waals surface area (Å²) in [5.41, 5.74) is 7.96. The van der Waals surface area contributed by atoms with Crippen LogP contribution >= 0.6 is 23.5 Å². The van der Waals surface area contributed by atoms with Gasteiger partial charge in [0.05, 0.1) is 0 Å². The van der Waals surface area contributed by atoms with Gasteiger partial charge in [-0.3, -0.25) is 0 Å². The van der Waals surface area contributed by atoms with Gasteiger partial charge in [0.15, 0.2) is 0 Å². The SMILES string of the molecule is CSCCCSc1cccc(N)c1C. The summed E-state index contributed by atoms with van der Waals surface area (Å²) >= 11 is 3.81. The van der Waals surface area contributed by atoms with Gasteiger partial charge in [-0.05, 0) is 48.8 Å². The van der Waals surface area contributed by atoms with Crippen LogP contribution in [0.2, 0.25) is 0 Å². The highest BCUT2D eigenvalue weighted by molar-refractivity contribution is 7.99. The van der Waals surface area contributed by atoms with Crippen molar-refractivity contribution in [1.29, 1.82) is 0 Å². The van der Waals surface area contributed by atoms with Crippen LogP contribution in [0.4, 0.5) is 5.69 Å². The number of rotatable bonds is 5. The van der Waals surface area contributed by atoms with Gasteiger partial charge < -0.3 is 5.73 Å². The van der Waals surface area contributed by atoms with Crippen LogP contribution < -0.4 is 5.73 Å². The first-order valence-electron chi connectivity index (χ1n) is 4.72. The van der Waals surface area contributed by atoms with Crippen molar-refractivity contribution in [3.8, 4) is 0 Å². The van der Waals surface area contributed by atoms with E-state index in [1.807, 2.05) is 35.7 Å². The Morgan fingerprint density at radius 2 is 2.07 bits per heavy atom. The van der Waals surface area contributed by atoms with Crippen LogP contribution in [-0.4, -0.2) is 17.8 Å². The molecule has 3 heteroatoms. The first kappa shape index (κ1) is 11.8. The van der Waals surface area contributed by atoms with Crippen molar-refractivity contribution in [2.75, 3.05) is 23.5 Å². The average Bonchev–Trinajstić information content (AvgIpc) is 2.19. The van der Waals surface area contributed by atoms with Gasteiger partial charge in [-0.1, -0.05) is 6.07 Å². The number of anilines is 1. The van der Waals surface area contributed by atoms with Crippen molar-refractivity contribution in [3.05, 3.63) is 23.8 Å². The molecule has 0 fully saturated rings. The lowest BCUT2D eigenvalue weighted by Gasteiger charge is -2.07. The van der Waals surface area contributed by atoms with Gasteiger partial charge in [0.25, 0.3) is 0 Å². The van der Waals surface area contributed by atoms with Crippen molar-refractivity contribution in [3.63, 3.8) is 0 Å². The highest BCUT2D eigenvalue weighted by Crippen LogP contribution is 2.26. The zero-order valence-corrected chi connectivity index (χ0v) is 10.4. The Morgan fingerprint density at radius 1 is 1.29 bits per heavy atom. The molecule has 1 rings (SSSR count). The topological polar surface area (TPSA) is 26.0 Å². The Labute approximate surface area is 94.8 Å². The zero-order chi connectivity index (χ0) is 10.4. The molecule has 0 saturated carbocycles. The van der Waals surface area contributed by atoms with Gasteiger partial charge in [-0.15, -0.1) is 11.8 Å². The summed E-state index contributed by atoms with van der Waals surface area (Å²) in [6.07, 6.45) is 3.41. The molecule has 1 nitrogen and oxygen atoms in total. The predicted octanol–water partition coefficient (Wildman–Crippen LogP) is 3.42. The maximum Gasteiger partial charge on any atom is 0.0354 e. The van der Waals surface area contributed by atoms with Gasteiger partial charge >= 0.3 is 0 Å². The summed E-state index contributed by atoms with van der Waals surface area (Å²) in [6.45, 7) is 2.09. The van der Waals surface area contributed by atoms with E-state index in [1.54, 1.807) is 0 Å². The Hall–Kier alpha value is -0.280. The number of hydrogen-bond acceptors (Lipinski definition) is 3. The van der Waals surface area contributed by atoms with E-state index in [0.29, 0.717) is 0 Å². The lowest BCUT2D eigenvalue weighted by Crippen LogP contribution is -1.91. The van der Waals surface area contributed by atoms with Crippen molar-refractivity contribution in [2.24, 2.45) is 0 Å². The smallest absolute Gasteiger partial charge is 0.0354 e. The van der Waals surface area contributed by atoms with E-state index in [1.165, 1.54) is 28.4 Å². The molecule has 14 heavy (non-hydrogen) atoms. The lowest BCUT2D eigenvalue weighted by molar-refractivity contribution is 1.12. The summed E-state index contributed by atoms with van der Waals surface area (Å²) in [6, 6.07) is 6.13. The molecule has 0 atom stereocenters. The molecule has 78 valence electrons. The maximum atomic E-state index is 5.83. The Balaban J connectivity index is 2.46. The number of nitrogen functional groups attached to an aromatic ring is 1. The van der Waals surface area contributed by atoms with Crippen LogP contribution in [-0.2, 0) is 0 Å². The molecule has 0 aliphatic carbocycles. The second-order valence-electron chi connectivity index (χ2n) is 3.17. The third kappa shape index (κ3) is 3.46. The molecule has 1 aromatic carbocycles. The van der Waals surface area contributed by atoms with Crippen LogP contribution in [0, 0.1) is 6.92 Å². The first-order chi connectivity index (χ1) is 6.75. The molecular weight excluding hydrogens is 210 g/mol. The Bertz CT molecular complexity index is 287. The average molecular weight is 227 g/mol. The van der Waals surface area contributed by atoms with E-state index in [2.05, 4.69) is 19.2 Å². The van der Waals surface area contributed by atoms with E-state index in [0.717, 1.165) is 5.69 Å². The fourth-order valence-electron chi connectivity index (χ4n) is 1.17. The number of benzene rings is 1. The maximum absolute atomic E-state index is 5.83. The van der Waals surface area contributed by atoms with E-state index >= 15 is 0 Å². The molecule has 2 N–H and O–H groups in total. The summed E-state index contributed by atoms with van der Waals surface area (Å²) < 4.78 is 0. The normalized spacial score (nSPS) is 10.4. The largest absolute Gasteiger partial charge is 0.398 e. The molecule has 0 radical (unpaired) electrons. The van der Waals surface area contributed by atoms with E-state index < -0.39 is 0 Å². The van der Waals surface area contributed by atoms with Crippen molar-refractivity contribution in [2.45, 2.75) is 18.2 Å². The van der Waals surface area contributed by atoms with Crippen LogP contribution in [0.1, 0.15) is 12.0 Å². The molecule has 0 aliphatic heterocycles. The molecule has 0 aliphatic rings. The highest BCUT2D eigenvalue weighted by Gasteiger charge is 2.00. The first-order valence-corrected chi connectivity index (χ1v) is 7.10. The quantitative estimate of drug-likeness (QED) is 0.474. The van der Waals surface area contributed by atoms with E-state index in [-0.39, 0.29) is 0 Å². The molecule has 0 heterocycles. The van der Waals surface area contributed by atoms with Crippen LogP contribution in [0.15, 0.2) is 23.1 Å². The van der Waals surface area contributed by atoms with Crippen LogP contribution in [0.5, 0.6) is 0 Å². The number of thioether (sulfide) groups is 2. The van der Waals surface area contributed by atoms with Crippen molar-refractivity contribution < 1.29 is 0 Å². The minimum Gasteiger partial charge on any atom is -0.398 e. The second kappa shape index (κ2) is 6.25. The van der Waals surface area contributed by atoms with Gasteiger partial charge in [-0.25, -0.2) is 0 Å². The minimum absolute atomic E-state index is 0.903. The lowest BCUT2D eigenvalue weighted by atomic mass is 10.2. The summed E-state index contributed by atoms with van der Waals surface area (Å²) in [4.78, 5) is 1.33. The molecule has 1 aromatic rings. The Morgan fingerprint density at radius 3 is 2.79 bits per heavy atom. The van der Waals surface area contributed by atoms with Crippen molar-refractivity contribution in [1.82, 2.24) is 0 Å². The number of hydrogen-bond donors (Lipinski definition) is 1. The van der Waals surface area contributed by atoms with Gasteiger partial charge in [0.2, 0.25) is 0 Å². The van der Waals surface area contributed by atoms with Gasteiger partial charge in [0, 0.05) is 10.6 Å². The van der Waals surface area contributed by atoms with Gasteiger partial charge in [0.1, 0.15) is 0 Å². The summed E-state index contributed by atoms with van der Waals surface area (Å²) in [7, 11) is 0.